The molecule has 1 fully saturated rings. The first-order chi connectivity index (χ1) is 11.8. The summed E-state index contributed by atoms with van der Waals surface area (Å²) in [5, 5.41) is 5.72. The molecular weight excluding hydrogens is 318 g/mol. The molecule has 0 unspecified atom stereocenters. The molecule has 136 valence electrons. The van der Waals surface area contributed by atoms with Gasteiger partial charge in [0.15, 0.2) is 5.78 Å². The molecule has 2 rings (SSSR count). The van der Waals surface area contributed by atoms with Crippen molar-refractivity contribution < 1.29 is 14.4 Å². The number of amides is 3. The maximum absolute atomic E-state index is 12.1. The Morgan fingerprint density at radius 3 is 2.24 bits per heavy atom. The van der Waals surface area contributed by atoms with Gasteiger partial charge in [-0.3, -0.25) is 9.59 Å². The summed E-state index contributed by atoms with van der Waals surface area (Å²) in [5.41, 5.74) is 1.26. The summed E-state index contributed by atoms with van der Waals surface area (Å²) >= 11 is 0. The lowest BCUT2D eigenvalue weighted by Crippen LogP contribution is -2.47. The van der Waals surface area contributed by atoms with E-state index in [0.29, 0.717) is 36.7 Å². The van der Waals surface area contributed by atoms with Gasteiger partial charge in [-0.25, -0.2) is 4.79 Å². The molecule has 0 radical (unpaired) electrons. The summed E-state index contributed by atoms with van der Waals surface area (Å²) in [6.45, 7) is 6.96. The zero-order chi connectivity index (χ0) is 18.4. The first-order valence-electron chi connectivity index (χ1n) is 8.81. The van der Waals surface area contributed by atoms with Crippen molar-refractivity contribution in [3.8, 4) is 0 Å². The number of anilines is 1. The minimum atomic E-state index is -0.262. The van der Waals surface area contributed by atoms with Gasteiger partial charge in [0.2, 0.25) is 5.91 Å². The summed E-state index contributed by atoms with van der Waals surface area (Å²) in [5.74, 6) is 0.557. The summed E-state index contributed by atoms with van der Waals surface area (Å²) < 4.78 is 0. The van der Waals surface area contributed by atoms with Gasteiger partial charge in [0.25, 0.3) is 0 Å². The van der Waals surface area contributed by atoms with Crippen molar-refractivity contribution in [3.63, 3.8) is 0 Å². The van der Waals surface area contributed by atoms with E-state index in [2.05, 4.69) is 10.6 Å². The lowest BCUT2D eigenvalue weighted by atomic mass is 10.0. The smallest absolute Gasteiger partial charge is 0.319 e. The SMILES string of the molecule is CC(=O)c1ccc(NC(=O)NC2CCN(C(=O)CC(C)C)CC2)cc1. The number of ketones is 1. The molecule has 0 atom stereocenters. The number of urea groups is 1. The molecule has 0 spiro atoms. The molecule has 2 N–H and O–H groups in total. The fourth-order valence-corrected chi connectivity index (χ4v) is 2.89. The second kappa shape index (κ2) is 8.65. The zero-order valence-corrected chi connectivity index (χ0v) is 15.2. The molecule has 1 aliphatic heterocycles. The van der Waals surface area contributed by atoms with Gasteiger partial charge in [-0.1, -0.05) is 13.8 Å². The van der Waals surface area contributed by atoms with Crippen LogP contribution in [0.1, 0.15) is 50.4 Å². The Kier molecular flexibility index (Phi) is 6.56. The van der Waals surface area contributed by atoms with Crippen LogP contribution in [-0.2, 0) is 4.79 Å². The summed E-state index contributed by atoms with van der Waals surface area (Å²) in [4.78, 5) is 37.3. The molecular formula is C19H27N3O3. The highest BCUT2D eigenvalue weighted by Gasteiger charge is 2.24. The molecule has 0 aliphatic carbocycles. The lowest BCUT2D eigenvalue weighted by Gasteiger charge is -2.32. The topological polar surface area (TPSA) is 78.5 Å². The number of nitrogens with zero attached hydrogens (tertiary/aromatic N) is 1. The standard InChI is InChI=1S/C19H27N3O3/c1-13(2)12-18(24)22-10-8-17(9-11-22)21-19(25)20-16-6-4-15(5-7-16)14(3)23/h4-7,13,17H,8-12H2,1-3H3,(H2,20,21,25). The first kappa shape index (κ1) is 19.0. The molecule has 0 aromatic heterocycles. The maximum Gasteiger partial charge on any atom is 0.319 e. The third-order valence-electron chi connectivity index (χ3n) is 4.32. The van der Waals surface area contributed by atoms with Gasteiger partial charge < -0.3 is 15.5 Å². The summed E-state index contributed by atoms with van der Waals surface area (Å²) in [6.07, 6.45) is 2.11. The van der Waals surface area contributed by atoms with E-state index in [4.69, 9.17) is 0 Å². The lowest BCUT2D eigenvalue weighted by molar-refractivity contribution is -0.133. The highest BCUT2D eigenvalue weighted by molar-refractivity contribution is 5.95. The second-order valence-corrected chi connectivity index (χ2v) is 6.99. The summed E-state index contributed by atoms with van der Waals surface area (Å²) in [6, 6.07) is 6.61. The Morgan fingerprint density at radius 2 is 1.72 bits per heavy atom. The van der Waals surface area contributed by atoms with Crippen molar-refractivity contribution in [3.05, 3.63) is 29.8 Å². The van der Waals surface area contributed by atoms with Gasteiger partial charge in [0, 0.05) is 36.8 Å². The molecule has 3 amide bonds. The number of Topliss-reactive ketones (excluding diaryl/α,β-unsaturated/α-hetero) is 1. The van der Waals surface area contributed by atoms with Crippen molar-refractivity contribution >= 4 is 23.4 Å². The second-order valence-electron chi connectivity index (χ2n) is 6.99. The number of likely N-dealkylation sites (tertiary alicyclic amines) is 1. The molecule has 1 saturated heterocycles. The van der Waals surface area contributed by atoms with E-state index in [1.807, 2.05) is 18.7 Å². The number of rotatable bonds is 5. The number of nitrogens with one attached hydrogen (secondary N) is 2. The third kappa shape index (κ3) is 5.89. The quantitative estimate of drug-likeness (QED) is 0.805. The third-order valence-corrected chi connectivity index (χ3v) is 4.32. The minimum Gasteiger partial charge on any atom is -0.343 e. The van der Waals surface area contributed by atoms with Gasteiger partial charge in [0.1, 0.15) is 0 Å². The molecule has 1 aromatic carbocycles. The molecule has 6 nitrogen and oxygen atoms in total. The Hall–Kier alpha value is -2.37. The van der Waals surface area contributed by atoms with Gasteiger partial charge >= 0.3 is 6.03 Å². The molecule has 0 bridgehead atoms. The average molecular weight is 345 g/mol. The normalized spacial score (nSPS) is 15.1. The Labute approximate surface area is 149 Å². The number of piperidine rings is 1. The average Bonchev–Trinajstić information content (AvgIpc) is 2.55. The highest BCUT2D eigenvalue weighted by atomic mass is 16.2. The van der Waals surface area contributed by atoms with Crippen LogP contribution in [0.2, 0.25) is 0 Å². The van der Waals surface area contributed by atoms with Crippen LogP contribution in [0, 0.1) is 5.92 Å². The Morgan fingerprint density at radius 1 is 1.12 bits per heavy atom. The molecule has 1 heterocycles. The fraction of sp³-hybridized carbons (Fsp3) is 0.526. The van der Waals surface area contributed by atoms with Crippen LogP contribution in [-0.4, -0.2) is 41.8 Å². The minimum absolute atomic E-state index is 0.00484. The van der Waals surface area contributed by atoms with Crippen molar-refractivity contribution in [2.45, 2.75) is 46.1 Å². The van der Waals surface area contributed by atoms with Crippen LogP contribution in [0.4, 0.5) is 10.5 Å². The van der Waals surface area contributed by atoms with E-state index < -0.39 is 0 Å². The highest BCUT2D eigenvalue weighted by Crippen LogP contribution is 2.14. The zero-order valence-electron chi connectivity index (χ0n) is 15.2. The monoisotopic (exact) mass is 345 g/mol. The van der Waals surface area contributed by atoms with Crippen LogP contribution in [0.5, 0.6) is 0 Å². The summed E-state index contributed by atoms with van der Waals surface area (Å²) in [7, 11) is 0. The van der Waals surface area contributed by atoms with Crippen molar-refractivity contribution in [2.24, 2.45) is 5.92 Å². The van der Waals surface area contributed by atoms with Gasteiger partial charge in [0.05, 0.1) is 0 Å². The van der Waals surface area contributed by atoms with Gasteiger partial charge in [-0.05, 0) is 49.9 Å². The van der Waals surface area contributed by atoms with E-state index in [1.54, 1.807) is 24.3 Å². The predicted molar refractivity (Wildman–Crippen MR) is 97.7 cm³/mol. The van der Waals surface area contributed by atoms with Crippen LogP contribution in [0.3, 0.4) is 0 Å². The van der Waals surface area contributed by atoms with Crippen LogP contribution < -0.4 is 10.6 Å². The number of benzene rings is 1. The number of hydrogen-bond acceptors (Lipinski definition) is 3. The Bertz CT molecular complexity index is 617. The predicted octanol–water partition coefficient (Wildman–Crippen LogP) is 3.05. The number of carbonyl (C=O) groups excluding carboxylic acids is 3. The molecule has 1 aliphatic rings. The number of hydrogen-bond donors (Lipinski definition) is 2. The van der Waals surface area contributed by atoms with E-state index in [9.17, 15) is 14.4 Å². The van der Waals surface area contributed by atoms with Crippen molar-refractivity contribution in [1.82, 2.24) is 10.2 Å². The molecule has 25 heavy (non-hydrogen) atoms. The molecule has 1 aromatic rings. The van der Waals surface area contributed by atoms with Crippen LogP contribution in [0.25, 0.3) is 0 Å². The van der Waals surface area contributed by atoms with E-state index >= 15 is 0 Å². The van der Waals surface area contributed by atoms with Crippen LogP contribution >= 0.6 is 0 Å². The number of carbonyl (C=O) groups is 3. The molecule has 6 heteroatoms. The van der Waals surface area contributed by atoms with E-state index in [0.717, 1.165) is 12.8 Å². The van der Waals surface area contributed by atoms with Gasteiger partial charge in [-0.15, -0.1) is 0 Å². The maximum atomic E-state index is 12.1. The van der Waals surface area contributed by atoms with Crippen LogP contribution in [0.15, 0.2) is 24.3 Å². The van der Waals surface area contributed by atoms with Crippen molar-refractivity contribution in [2.75, 3.05) is 18.4 Å². The molecule has 0 saturated carbocycles. The fourth-order valence-electron chi connectivity index (χ4n) is 2.89. The largest absolute Gasteiger partial charge is 0.343 e. The van der Waals surface area contributed by atoms with E-state index in [-0.39, 0.29) is 23.8 Å². The first-order valence-corrected chi connectivity index (χ1v) is 8.81. The van der Waals surface area contributed by atoms with Crippen molar-refractivity contribution in [1.29, 1.82) is 0 Å². The van der Waals surface area contributed by atoms with Gasteiger partial charge in [-0.2, -0.15) is 0 Å². The van der Waals surface area contributed by atoms with E-state index in [1.165, 1.54) is 6.92 Å². The Balaban J connectivity index is 1.76.